The summed E-state index contributed by atoms with van der Waals surface area (Å²) in [7, 11) is -4.49. The molecule has 0 saturated carbocycles. The van der Waals surface area contributed by atoms with Gasteiger partial charge in [0.25, 0.3) is 0 Å². The van der Waals surface area contributed by atoms with Crippen LogP contribution in [0.15, 0.2) is 34.9 Å². The summed E-state index contributed by atoms with van der Waals surface area (Å²) < 4.78 is 79.3. The molecule has 1 aliphatic heterocycles. The summed E-state index contributed by atoms with van der Waals surface area (Å²) in [4.78, 5) is 4.23. The van der Waals surface area contributed by atoms with E-state index in [9.17, 15) is 21.6 Å². The highest BCUT2D eigenvalue weighted by molar-refractivity contribution is 7.89. The number of oxazole rings is 1. The van der Waals surface area contributed by atoms with Gasteiger partial charge < -0.3 is 13.9 Å². The maximum Gasteiger partial charge on any atom is 0.404 e. The van der Waals surface area contributed by atoms with E-state index in [0.29, 0.717) is 17.3 Å². The average Bonchev–Trinajstić information content (AvgIpc) is 3.05. The van der Waals surface area contributed by atoms with E-state index in [1.165, 1.54) is 0 Å². The molecule has 0 aliphatic carbocycles. The molecule has 11 heteroatoms. The normalized spacial score (nSPS) is 20.6. The molecule has 29 heavy (non-hydrogen) atoms. The Bertz CT molecular complexity index is 912. The molecule has 0 radical (unpaired) electrons. The summed E-state index contributed by atoms with van der Waals surface area (Å²) in [5.74, 6) is -1.23. The molecule has 1 saturated heterocycles. The van der Waals surface area contributed by atoms with Crippen molar-refractivity contribution in [1.82, 2.24) is 9.71 Å². The molecule has 1 aromatic carbocycles. The molecule has 1 aromatic heterocycles. The van der Waals surface area contributed by atoms with Gasteiger partial charge in [0.05, 0.1) is 13.2 Å². The van der Waals surface area contributed by atoms with Crippen LogP contribution in [-0.2, 0) is 14.8 Å². The average molecular weight is 434 g/mol. The summed E-state index contributed by atoms with van der Waals surface area (Å²) in [5, 5.41) is 0. The highest BCUT2D eigenvalue weighted by Crippen LogP contribution is 2.24. The number of ether oxygens (including phenoxy) is 2. The Morgan fingerprint density at radius 1 is 1.28 bits per heavy atom. The van der Waals surface area contributed by atoms with Crippen molar-refractivity contribution in [3.05, 3.63) is 36.4 Å². The predicted molar refractivity (Wildman–Crippen MR) is 97.9 cm³/mol. The number of nitrogens with one attached hydrogen (secondary N) is 1. The molecule has 0 amide bonds. The second kappa shape index (κ2) is 8.72. The lowest BCUT2D eigenvalue weighted by atomic mass is 9.98. The van der Waals surface area contributed by atoms with Crippen LogP contribution in [0.4, 0.5) is 13.2 Å². The SMILES string of the molecule is Cc1nc(-c2ccc(OCC3COCCC3NS(=O)(=O)CC(F)(F)F)cc2)co1. The summed E-state index contributed by atoms with van der Waals surface area (Å²) in [6.07, 6.45) is -2.98. The van der Waals surface area contributed by atoms with Crippen LogP contribution in [0.2, 0.25) is 0 Å². The van der Waals surface area contributed by atoms with Crippen molar-refractivity contribution in [3.63, 3.8) is 0 Å². The first-order valence-corrected chi connectivity index (χ1v) is 10.6. The molecule has 1 aliphatic rings. The second-order valence-electron chi connectivity index (χ2n) is 6.81. The fourth-order valence-corrected chi connectivity index (χ4v) is 4.31. The van der Waals surface area contributed by atoms with E-state index in [-0.39, 0.29) is 26.2 Å². The third-order valence-corrected chi connectivity index (χ3v) is 5.76. The fraction of sp³-hybridized carbons (Fsp3) is 0.500. The van der Waals surface area contributed by atoms with Crippen molar-refractivity contribution in [1.29, 1.82) is 0 Å². The van der Waals surface area contributed by atoms with Crippen molar-refractivity contribution >= 4 is 10.0 Å². The monoisotopic (exact) mass is 434 g/mol. The Morgan fingerprint density at radius 3 is 2.62 bits per heavy atom. The molecule has 2 unspecified atom stereocenters. The van der Waals surface area contributed by atoms with Crippen molar-refractivity contribution < 1.29 is 35.5 Å². The lowest BCUT2D eigenvalue weighted by molar-refractivity contribution is -0.106. The van der Waals surface area contributed by atoms with E-state index in [2.05, 4.69) is 9.71 Å². The van der Waals surface area contributed by atoms with E-state index in [4.69, 9.17) is 13.9 Å². The molecule has 1 fully saturated rings. The largest absolute Gasteiger partial charge is 0.493 e. The first-order chi connectivity index (χ1) is 13.6. The zero-order valence-corrected chi connectivity index (χ0v) is 16.4. The molecule has 3 rings (SSSR count). The van der Waals surface area contributed by atoms with E-state index in [1.807, 2.05) is 0 Å². The van der Waals surface area contributed by atoms with Crippen LogP contribution in [0.1, 0.15) is 12.3 Å². The van der Waals surface area contributed by atoms with Crippen LogP contribution in [0.3, 0.4) is 0 Å². The van der Waals surface area contributed by atoms with E-state index in [1.54, 1.807) is 37.5 Å². The van der Waals surface area contributed by atoms with Gasteiger partial charge in [0, 0.05) is 31.1 Å². The van der Waals surface area contributed by atoms with Gasteiger partial charge in [0.2, 0.25) is 10.0 Å². The molecule has 1 N–H and O–H groups in total. The maximum absolute atomic E-state index is 12.4. The summed E-state index contributed by atoms with van der Waals surface area (Å²) in [6, 6.07) is 6.37. The zero-order chi connectivity index (χ0) is 21.1. The van der Waals surface area contributed by atoms with Crippen LogP contribution >= 0.6 is 0 Å². The number of aromatic nitrogens is 1. The van der Waals surface area contributed by atoms with Gasteiger partial charge in [0.1, 0.15) is 17.7 Å². The Labute approximate surface area is 166 Å². The standard InChI is InChI=1S/C18H21F3N2O5S/c1-12-22-17(10-27-12)13-2-4-15(5-3-13)28-9-14-8-26-7-6-16(14)23-29(24,25)11-18(19,20)21/h2-5,10,14,16,23H,6-9,11H2,1H3. The predicted octanol–water partition coefficient (Wildman–Crippen LogP) is 2.92. The van der Waals surface area contributed by atoms with Gasteiger partial charge in [-0.1, -0.05) is 0 Å². The van der Waals surface area contributed by atoms with Gasteiger partial charge in [-0.2, -0.15) is 13.2 Å². The number of sulfonamides is 1. The fourth-order valence-electron chi connectivity index (χ4n) is 3.03. The van der Waals surface area contributed by atoms with Gasteiger partial charge >= 0.3 is 6.18 Å². The lowest BCUT2D eigenvalue weighted by Gasteiger charge is -2.31. The maximum atomic E-state index is 12.4. The van der Waals surface area contributed by atoms with Crippen LogP contribution < -0.4 is 9.46 Å². The molecule has 7 nitrogen and oxygen atoms in total. The zero-order valence-electron chi connectivity index (χ0n) is 15.6. The smallest absolute Gasteiger partial charge is 0.404 e. The van der Waals surface area contributed by atoms with Crippen LogP contribution in [0.5, 0.6) is 5.75 Å². The van der Waals surface area contributed by atoms with Crippen LogP contribution in [-0.4, -0.2) is 51.2 Å². The van der Waals surface area contributed by atoms with E-state index in [0.717, 1.165) is 5.56 Å². The molecule has 0 bridgehead atoms. The minimum Gasteiger partial charge on any atom is -0.493 e. The van der Waals surface area contributed by atoms with Gasteiger partial charge in [0.15, 0.2) is 11.6 Å². The highest BCUT2D eigenvalue weighted by Gasteiger charge is 2.38. The molecular weight excluding hydrogens is 413 g/mol. The Balaban J connectivity index is 1.59. The molecule has 2 aromatic rings. The van der Waals surface area contributed by atoms with Crippen molar-refractivity contribution in [3.8, 4) is 17.0 Å². The number of benzene rings is 1. The molecular formula is C18H21F3N2O5S. The second-order valence-corrected chi connectivity index (χ2v) is 8.56. The summed E-state index contributed by atoms with van der Waals surface area (Å²) >= 11 is 0. The summed E-state index contributed by atoms with van der Waals surface area (Å²) in [6.45, 7) is 2.30. The highest BCUT2D eigenvalue weighted by atomic mass is 32.2. The van der Waals surface area contributed by atoms with Gasteiger partial charge in [-0.05, 0) is 30.7 Å². The number of halogens is 3. The Kier molecular flexibility index (Phi) is 6.49. The van der Waals surface area contributed by atoms with Gasteiger partial charge in [-0.3, -0.25) is 0 Å². The minimum atomic E-state index is -4.80. The van der Waals surface area contributed by atoms with Gasteiger partial charge in [-0.25, -0.2) is 18.1 Å². The molecule has 2 heterocycles. The van der Waals surface area contributed by atoms with Crippen LogP contribution in [0, 0.1) is 12.8 Å². The number of hydrogen-bond donors (Lipinski definition) is 1. The number of rotatable bonds is 7. The van der Waals surface area contributed by atoms with E-state index >= 15 is 0 Å². The first kappa shape index (κ1) is 21.6. The third kappa shape index (κ3) is 6.44. The minimum absolute atomic E-state index is 0.0988. The van der Waals surface area contributed by atoms with Gasteiger partial charge in [-0.15, -0.1) is 0 Å². The molecule has 2 atom stereocenters. The van der Waals surface area contributed by atoms with E-state index < -0.39 is 33.9 Å². The number of hydrogen-bond acceptors (Lipinski definition) is 6. The summed E-state index contributed by atoms with van der Waals surface area (Å²) in [5.41, 5.74) is 1.53. The first-order valence-electron chi connectivity index (χ1n) is 8.91. The topological polar surface area (TPSA) is 90.7 Å². The van der Waals surface area contributed by atoms with Crippen LogP contribution in [0.25, 0.3) is 11.3 Å². The lowest BCUT2D eigenvalue weighted by Crippen LogP contribution is -2.49. The number of alkyl halides is 3. The third-order valence-electron chi connectivity index (χ3n) is 4.39. The quantitative estimate of drug-likeness (QED) is 0.721. The van der Waals surface area contributed by atoms with Crippen molar-refractivity contribution in [2.45, 2.75) is 25.6 Å². The van der Waals surface area contributed by atoms with Crippen molar-refractivity contribution in [2.24, 2.45) is 5.92 Å². The number of nitrogens with zero attached hydrogens (tertiary/aromatic N) is 1. The Morgan fingerprint density at radius 2 is 2.00 bits per heavy atom. The molecule has 0 spiro atoms. The Hall–Kier alpha value is -2.11. The number of aryl methyl sites for hydroxylation is 1. The molecule has 160 valence electrons. The van der Waals surface area contributed by atoms with Crippen molar-refractivity contribution in [2.75, 3.05) is 25.6 Å².